The largest absolute Gasteiger partial charge is 0.451 e. The van der Waals surface area contributed by atoms with Gasteiger partial charge in [0, 0.05) is 18.5 Å². The van der Waals surface area contributed by atoms with Gasteiger partial charge in [-0.05, 0) is 18.6 Å². The molecule has 0 spiro atoms. The maximum atomic E-state index is 12.3. The maximum Gasteiger partial charge on any atom is 0.289 e. The van der Waals surface area contributed by atoms with Crippen molar-refractivity contribution < 1.29 is 9.21 Å². The van der Waals surface area contributed by atoms with Crippen LogP contribution in [-0.4, -0.2) is 23.9 Å². The lowest BCUT2D eigenvalue weighted by molar-refractivity contribution is 0.0744. The maximum absolute atomic E-state index is 12.3. The van der Waals surface area contributed by atoms with Crippen molar-refractivity contribution in [2.45, 2.75) is 13.3 Å². The molecule has 0 unspecified atom stereocenters. The molecule has 94 valence electrons. The molecule has 0 atom stereocenters. The van der Waals surface area contributed by atoms with E-state index in [0.717, 1.165) is 17.4 Å². The fourth-order valence-corrected chi connectivity index (χ4v) is 1.94. The van der Waals surface area contributed by atoms with Gasteiger partial charge in [-0.15, -0.1) is 6.58 Å². The highest BCUT2D eigenvalue weighted by Gasteiger charge is 2.17. The summed E-state index contributed by atoms with van der Waals surface area (Å²) in [7, 11) is 0. The van der Waals surface area contributed by atoms with Crippen molar-refractivity contribution in [3.05, 3.63) is 48.7 Å². The summed E-state index contributed by atoms with van der Waals surface area (Å²) in [6, 6.07) is 9.42. The Labute approximate surface area is 107 Å². The fraction of sp³-hybridized carbons (Fsp3) is 0.267. The molecule has 0 N–H and O–H groups in total. The van der Waals surface area contributed by atoms with E-state index in [4.69, 9.17) is 4.42 Å². The van der Waals surface area contributed by atoms with Crippen molar-refractivity contribution in [2.24, 2.45) is 0 Å². The van der Waals surface area contributed by atoms with Crippen LogP contribution in [-0.2, 0) is 0 Å². The van der Waals surface area contributed by atoms with Crippen LogP contribution in [0, 0.1) is 0 Å². The molecule has 1 heterocycles. The van der Waals surface area contributed by atoms with Gasteiger partial charge in [0.05, 0.1) is 0 Å². The number of carbonyl (C=O) groups is 1. The number of nitrogens with zero attached hydrogens (tertiary/aromatic N) is 1. The average Bonchev–Trinajstić information content (AvgIpc) is 2.81. The zero-order valence-electron chi connectivity index (χ0n) is 10.6. The van der Waals surface area contributed by atoms with E-state index < -0.39 is 0 Å². The number of carbonyl (C=O) groups excluding carboxylic acids is 1. The summed E-state index contributed by atoms with van der Waals surface area (Å²) in [6.45, 7) is 6.98. The lowest BCUT2D eigenvalue weighted by Gasteiger charge is -2.18. The van der Waals surface area contributed by atoms with Gasteiger partial charge >= 0.3 is 0 Å². The van der Waals surface area contributed by atoms with Crippen molar-refractivity contribution in [2.75, 3.05) is 13.1 Å². The molecule has 0 aliphatic carbocycles. The van der Waals surface area contributed by atoms with Gasteiger partial charge < -0.3 is 9.32 Å². The third kappa shape index (κ3) is 2.45. The first kappa shape index (κ1) is 12.4. The molecule has 1 aromatic carbocycles. The number of para-hydroxylation sites is 1. The minimum Gasteiger partial charge on any atom is -0.451 e. The van der Waals surface area contributed by atoms with E-state index in [2.05, 4.69) is 6.58 Å². The topological polar surface area (TPSA) is 33.5 Å². The minimum atomic E-state index is -0.0760. The van der Waals surface area contributed by atoms with Crippen LogP contribution in [0.25, 0.3) is 11.0 Å². The van der Waals surface area contributed by atoms with Crippen molar-refractivity contribution in [3.8, 4) is 0 Å². The quantitative estimate of drug-likeness (QED) is 0.753. The lowest BCUT2D eigenvalue weighted by atomic mass is 10.2. The lowest BCUT2D eigenvalue weighted by Crippen LogP contribution is -2.31. The summed E-state index contributed by atoms with van der Waals surface area (Å²) in [6.07, 6.45) is 2.65. The Morgan fingerprint density at radius 2 is 2.22 bits per heavy atom. The average molecular weight is 243 g/mol. The van der Waals surface area contributed by atoms with Gasteiger partial charge in [-0.3, -0.25) is 4.79 Å². The molecule has 0 fully saturated rings. The number of rotatable bonds is 5. The highest BCUT2D eigenvalue weighted by Crippen LogP contribution is 2.20. The Morgan fingerprint density at radius 1 is 1.44 bits per heavy atom. The first-order chi connectivity index (χ1) is 8.76. The van der Waals surface area contributed by atoms with Crippen LogP contribution < -0.4 is 0 Å². The van der Waals surface area contributed by atoms with Gasteiger partial charge in [0.1, 0.15) is 5.58 Å². The zero-order valence-corrected chi connectivity index (χ0v) is 10.6. The third-order valence-electron chi connectivity index (χ3n) is 2.77. The van der Waals surface area contributed by atoms with Crippen LogP contribution in [0.4, 0.5) is 0 Å². The normalized spacial score (nSPS) is 10.5. The van der Waals surface area contributed by atoms with E-state index in [-0.39, 0.29) is 5.91 Å². The van der Waals surface area contributed by atoms with Crippen LogP contribution in [0.3, 0.4) is 0 Å². The van der Waals surface area contributed by atoms with Crippen LogP contribution in [0.2, 0.25) is 0 Å². The molecular weight excluding hydrogens is 226 g/mol. The van der Waals surface area contributed by atoms with E-state index >= 15 is 0 Å². The first-order valence-electron chi connectivity index (χ1n) is 6.15. The molecule has 3 heteroatoms. The SMILES string of the molecule is C=CCN(CCC)C(=O)c1cc2ccccc2o1. The van der Waals surface area contributed by atoms with E-state index in [0.29, 0.717) is 18.8 Å². The standard InChI is InChI=1S/C15H17NO2/c1-3-9-16(10-4-2)15(17)14-11-12-7-5-6-8-13(12)18-14/h3,5-8,11H,1,4,9-10H2,2H3. The molecular formula is C15H17NO2. The van der Waals surface area contributed by atoms with Crippen LogP contribution >= 0.6 is 0 Å². The molecule has 1 amide bonds. The molecule has 1 aromatic heterocycles. The molecule has 0 bridgehead atoms. The van der Waals surface area contributed by atoms with Crippen LogP contribution in [0.5, 0.6) is 0 Å². The molecule has 0 aliphatic heterocycles. The highest BCUT2D eigenvalue weighted by atomic mass is 16.3. The molecule has 0 radical (unpaired) electrons. The second kappa shape index (κ2) is 5.54. The number of amides is 1. The van der Waals surface area contributed by atoms with Gasteiger partial charge in [0.15, 0.2) is 5.76 Å². The van der Waals surface area contributed by atoms with Crippen molar-refractivity contribution in [3.63, 3.8) is 0 Å². The summed E-state index contributed by atoms with van der Waals surface area (Å²) in [5.74, 6) is 0.319. The molecule has 18 heavy (non-hydrogen) atoms. The van der Waals surface area contributed by atoms with Gasteiger partial charge in [-0.2, -0.15) is 0 Å². The molecule has 2 rings (SSSR count). The number of furan rings is 1. The van der Waals surface area contributed by atoms with E-state index in [1.165, 1.54) is 0 Å². The van der Waals surface area contributed by atoms with Gasteiger partial charge in [0.25, 0.3) is 5.91 Å². The Morgan fingerprint density at radius 3 is 2.89 bits per heavy atom. The fourth-order valence-electron chi connectivity index (χ4n) is 1.94. The molecule has 0 saturated heterocycles. The number of fused-ring (bicyclic) bond motifs is 1. The van der Waals surface area contributed by atoms with Gasteiger partial charge in [-0.1, -0.05) is 31.2 Å². The predicted molar refractivity (Wildman–Crippen MR) is 72.6 cm³/mol. The molecule has 2 aromatic rings. The second-order valence-electron chi connectivity index (χ2n) is 4.19. The van der Waals surface area contributed by atoms with E-state index in [1.54, 1.807) is 17.0 Å². The van der Waals surface area contributed by atoms with E-state index in [9.17, 15) is 4.79 Å². The van der Waals surface area contributed by atoms with Gasteiger partial charge in [-0.25, -0.2) is 0 Å². The zero-order chi connectivity index (χ0) is 13.0. The Bertz CT molecular complexity index is 523. The minimum absolute atomic E-state index is 0.0760. The number of benzene rings is 1. The monoisotopic (exact) mass is 243 g/mol. The second-order valence-corrected chi connectivity index (χ2v) is 4.19. The number of hydrogen-bond donors (Lipinski definition) is 0. The van der Waals surface area contributed by atoms with Gasteiger partial charge in [0.2, 0.25) is 0 Å². The third-order valence-corrected chi connectivity index (χ3v) is 2.77. The molecule has 0 aliphatic rings. The molecule has 0 saturated carbocycles. The van der Waals surface area contributed by atoms with Crippen molar-refractivity contribution >= 4 is 16.9 Å². The number of hydrogen-bond acceptors (Lipinski definition) is 2. The summed E-state index contributed by atoms with van der Waals surface area (Å²) in [4.78, 5) is 14.0. The van der Waals surface area contributed by atoms with E-state index in [1.807, 2.05) is 31.2 Å². The highest BCUT2D eigenvalue weighted by molar-refractivity contribution is 5.96. The summed E-state index contributed by atoms with van der Waals surface area (Å²) in [5.41, 5.74) is 0.746. The smallest absolute Gasteiger partial charge is 0.289 e. The summed E-state index contributed by atoms with van der Waals surface area (Å²) < 4.78 is 5.58. The van der Waals surface area contributed by atoms with Crippen LogP contribution in [0.1, 0.15) is 23.9 Å². The van der Waals surface area contributed by atoms with Crippen LogP contribution in [0.15, 0.2) is 47.4 Å². The molecule has 3 nitrogen and oxygen atoms in total. The summed E-state index contributed by atoms with van der Waals surface area (Å²) >= 11 is 0. The Balaban J connectivity index is 2.28. The van der Waals surface area contributed by atoms with Crippen molar-refractivity contribution in [1.82, 2.24) is 4.90 Å². The first-order valence-corrected chi connectivity index (χ1v) is 6.15. The summed E-state index contributed by atoms with van der Waals surface area (Å²) in [5, 5.41) is 0.955. The predicted octanol–water partition coefficient (Wildman–Crippen LogP) is 3.47. The Kier molecular flexibility index (Phi) is 3.82. The Hall–Kier alpha value is -2.03. The van der Waals surface area contributed by atoms with Crippen molar-refractivity contribution in [1.29, 1.82) is 0 Å².